The first-order chi connectivity index (χ1) is 16.0. The van der Waals surface area contributed by atoms with Crippen molar-refractivity contribution in [1.82, 2.24) is 8.77 Å². The number of benzene rings is 2. The standard InChI is InChI=1S/C23H30N4O5S2/c1-3-13-34(31,32)26-17-21-14-20(16-24)9-10-23(21)25(11-12-27(28)33(2,29)30)18-22(26)15-19-7-5-4-6-8-19/h4-10,14,22,28H,3,11-13,15,17-18H2,1-2H3/t22-/m1/s1. The molecule has 184 valence electrons. The molecule has 0 radical (unpaired) electrons. The highest BCUT2D eigenvalue weighted by atomic mass is 32.2. The number of sulfonamides is 2. The van der Waals surface area contributed by atoms with E-state index in [1.165, 1.54) is 4.31 Å². The van der Waals surface area contributed by atoms with Crippen LogP contribution in [0, 0.1) is 11.3 Å². The summed E-state index contributed by atoms with van der Waals surface area (Å²) in [4.78, 5) is 1.89. The van der Waals surface area contributed by atoms with Gasteiger partial charge in [0.25, 0.3) is 0 Å². The number of anilines is 1. The van der Waals surface area contributed by atoms with Gasteiger partial charge in [-0.1, -0.05) is 41.7 Å². The summed E-state index contributed by atoms with van der Waals surface area (Å²) >= 11 is 0. The van der Waals surface area contributed by atoms with Crippen molar-refractivity contribution < 1.29 is 22.0 Å². The average molecular weight is 507 g/mol. The Kier molecular flexibility index (Phi) is 8.33. The van der Waals surface area contributed by atoms with Crippen molar-refractivity contribution in [2.45, 2.75) is 32.4 Å². The molecule has 0 unspecified atom stereocenters. The lowest BCUT2D eigenvalue weighted by Crippen LogP contribution is -2.47. The second-order valence-electron chi connectivity index (χ2n) is 8.41. The number of hydroxylamine groups is 1. The van der Waals surface area contributed by atoms with E-state index in [4.69, 9.17) is 0 Å². The van der Waals surface area contributed by atoms with Crippen molar-refractivity contribution >= 4 is 25.7 Å². The maximum Gasteiger partial charge on any atom is 0.232 e. The smallest absolute Gasteiger partial charge is 0.232 e. The molecular weight excluding hydrogens is 476 g/mol. The Bertz CT molecular complexity index is 1240. The largest absolute Gasteiger partial charge is 0.368 e. The predicted molar refractivity (Wildman–Crippen MR) is 130 cm³/mol. The highest BCUT2D eigenvalue weighted by Gasteiger charge is 2.35. The van der Waals surface area contributed by atoms with Crippen LogP contribution in [0.3, 0.4) is 0 Å². The number of hydrogen-bond acceptors (Lipinski definition) is 7. The molecule has 0 spiro atoms. The Balaban J connectivity index is 2.05. The van der Waals surface area contributed by atoms with Crippen LogP contribution in [0.25, 0.3) is 0 Å². The second kappa shape index (κ2) is 10.8. The van der Waals surface area contributed by atoms with Gasteiger partial charge in [0, 0.05) is 31.4 Å². The van der Waals surface area contributed by atoms with Crippen LogP contribution >= 0.6 is 0 Å². The van der Waals surface area contributed by atoms with Gasteiger partial charge in [0.15, 0.2) is 0 Å². The van der Waals surface area contributed by atoms with Gasteiger partial charge in [-0.3, -0.25) is 5.21 Å². The first-order valence-corrected chi connectivity index (χ1v) is 14.5. The number of fused-ring (bicyclic) bond motifs is 1. The Morgan fingerprint density at radius 3 is 2.47 bits per heavy atom. The summed E-state index contributed by atoms with van der Waals surface area (Å²) in [7, 11) is -7.39. The van der Waals surface area contributed by atoms with Gasteiger partial charge in [0.2, 0.25) is 20.0 Å². The Morgan fingerprint density at radius 2 is 1.85 bits per heavy atom. The monoisotopic (exact) mass is 506 g/mol. The van der Waals surface area contributed by atoms with Crippen molar-refractivity contribution in [1.29, 1.82) is 5.26 Å². The zero-order chi connectivity index (χ0) is 24.9. The third-order valence-corrected chi connectivity index (χ3v) is 8.81. The van der Waals surface area contributed by atoms with Crippen molar-refractivity contribution in [3.63, 3.8) is 0 Å². The predicted octanol–water partition coefficient (Wildman–Crippen LogP) is 2.18. The lowest BCUT2D eigenvalue weighted by molar-refractivity contribution is 0.00677. The SMILES string of the molecule is CCCS(=O)(=O)N1Cc2cc(C#N)ccc2N(CCN(O)S(C)(=O)=O)C[C@H]1Cc1ccccc1. The zero-order valence-corrected chi connectivity index (χ0v) is 21.0. The molecule has 2 aromatic carbocycles. The summed E-state index contributed by atoms with van der Waals surface area (Å²) in [6.45, 7) is 2.19. The van der Waals surface area contributed by atoms with Crippen molar-refractivity contribution in [3.8, 4) is 6.07 Å². The van der Waals surface area contributed by atoms with Crippen LogP contribution in [0.4, 0.5) is 5.69 Å². The van der Waals surface area contributed by atoms with E-state index < -0.39 is 26.1 Å². The van der Waals surface area contributed by atoms with Gasteiger partial charge in [-0.25, -0.2) is 16.8 Å². The van der Waals surface area contributed by atoms with E-state index in [0.717, 1.165) is 11.8 Å². The lowest BCUT2D eigenvalue weighted by atomic mass is 10.1. The minimum absolute atomic E-state index is 0.00403. The molecule has 11 heteroatoms. The Labute approximate surface area is 201 Å². The maximum atomic E-state index is 13.3. The molecule has 2 aromatic rings. The van der Waals surface area contributed by atoms with Gasteiger partial charge >= 0.3 is 0 Å². The molecule has 0 fully saturated rings. The van der Waals surface area contributed by atoms with E-state index in [1.807, 2.05) is 42.2 Å². The first-order valence-electron chi connectivity index (χ1n) is 11.0. The number of nitrogens with zero attached hydrogens (tertiary/aromatic N) is 4. The van der Waals surface area contributed by atoms with Crippen LogP contribution in [-0.2, 0) is 33.0 Å². The molecule has 1 heterocycles. The average Bonchev–Trinajstić information content (AvgIpc) is 2.94. The van der Waals surface area contributed by atoms with Crippen LogP contribution in [0.1, 0.15) is 30.0 Å². The number of nitriles is 1. The molecular formula is C23H30N4O5S2. The van der Waals surface area contributed by atoms with Gasteiger partial charge in [-0.15, -0.1) is 0 Å². The first kappa shape index (κ1) is 26.1. The summed E-state index contributed by atoms with van der Waals surface area (Å²) in [5.74, 6) is 0.00403. The van der Waals surface area contributed by atoms with Crippen LogP contribution in [0.15, 0.2) is 48.5 Å². The highest BCUT2D eigenvalue weighted by molar-refractivity contribution is 7.89. The fourth-order valence-electron chi connectivity index (χ4n) is 4.17. The van der Waals surface area contributed by atoms with E-state index in [2.05, 4.69) is 6.07 Å². The third kappa shape index (κ3) is 6.34. The molecule has 1 aliphatic heterocycles. The van der Waals surface area contributed by atoms with Crippen LogP contribution in [0.2, 0.25) is 0 Å². The molecule has 0 aromatic heterocycles. The molecule has 0 saturated heterocycles. The number of hydrogen-bond donors (Lipinski definition) is 1. The normalized spacial score (nSPS) is 17.3. The lowest BCUT2D eigenvalue weighted by Gasteiger charge is -2.32. The number of rotatable bonds is 9. The minimum Gasteiger partial charge on any atom is -0.368 e. The van der Waals surface area contributed by atoms with E-state index >= 15 is 0 Å². The quantitative estimate of drug-likeness (QED) is 0.517. The van der Waals surface area contributed by atoms with Crippen molar-refractivity contribution in [2.75, 3.05) is 36.5 Å². The molecule has 34 heavy (non-hydrogen) atoms. The van der Waals surface area contributed by atoms with Gasteiger partial charge in [-0.2, -0.15) is 9.57 Å². The molecule has 0 bridgehead atoms. The molecule has 0 saturated carbocycles. The Morgan fingerprint density at radius 1 is 1.15 bits per heavy atom. The minimum atomic E-state index is -3.79. The summed E-state index contributed by atoms with van der Waals surface area (Å²) in [5, 5.41) is 19.3. The second-order valence-corrected chi connectivity index (χ2v) is 12.3. The fraction of sp³-hybridized carbons (Fsp3) is 0.435. The fourth-order valence-corrected chi connectivity index (χ4v) is 6.26. The third-order valence-electron chi connectivity index (χ3n) is 5.79. The van der Waals surface area contributed by atoms with E-state index in [0.29, 0.717) is 40.7 Å². The highest BCUT2D eigenvalue weighted by Crippen LogP contribution is 2.31. The van der Waals surface area contributed by atoms with E-state index in [9.17, 15) is 27.3 Å². The zero-order valence-electron chi connectivity index (χ0n) is 19.3. The maximum absolute atomic E-state index is 13.3. The van der Waals surface area contributed by atoms with Crippen LogP contribution in [-0.4, -0.2) is 68.5 Å². The van der Waals surface area contributed by atoms with E-state index in [-0.39, 0.29) is 25.4 Å². The molecule has 9 nitrogen and oxygen atoms in total. The summed E-state index contributed by atoms with van der Waals surface area (Å²) in [5.41, 5.74) is 2.77. The molecule has 1 aliphatic rings. The van der Waals surface area contributed by atoms with Gasteiger partial charge in [-0.05, 0) is 42.2 Å². The molecule has 1 N–H and O–H groups in total. The summed E-state index contributed by atoms with van der Waals surface area (Å²) in [6.07, 6.45) is 1.85. The molecule has 1 atom stereocenters. The van der Waals surface area contributed by atoms with Crippen LogP contribution < -0.4 is 4.90 Å². The van der Waals surface area contributed by atoms with Crippen LogP contribution in [0.5, 0.6) is 0 Å². The topological polar surface area (TPSA) is 122 Å². The van der Waals surface area contributed by atoms with Gasteiger partial charge in [0.05, 0.1) is 30.2 Å². The van der Waals surface area contributed by atoms with Gasteiger partial charge in [0.1, 0.15) is 0 Å². The van der Waals surface area contributed by atoms with Crippen molar-refractivity contribution in [2.24, 2.45) is 0 Å². The summed E-state index contributed by atoms with van der Waals surface area (Å²) < 4.78 is 51.8. The van der Waals surface area contributed by atoms with E-state index in [1.54, 1.807) is 18.2 Å². The van der Waals surface area contributed by atoms with Crippen molar-refractivity contribution in [3.05, 3.63) is 65.2 Å². The summed E-state index contributed by atoms with van der Waals surface area (Å²) in [6, 6.07) is 16.3. The molecule has 0 amide bonds. The molecule has 0 aliphatic carbocycles. The van der Waals surface area contributed by atoms with Gasteiger partial charge < -0.3 is 4.90 Å². The Hall–Kier alpha value is -2.49. The molecule has 3 rings (SSSR count).